The molecule has 1 aromatic rings. The Morgan fingerprint density at radius 2 is 2.00 bits per heavy atom. The summed E-state index contributed by atoms with van der Waals surface area (Å²) in [6, 6.07) is 7.70. The molecule has 1 aromatic carbocycles. The molecule has 2 aliphatic heterocycles. The molecule has 18 heavy (non-hydrogen) atoms. The van der Waals surface area contributed by atoms with E-state index in [0.29, 0.717) is 16.0 Å². The molecule has 3 nitrogen and oxygen atoms in total. The molecule has 2 aliphatic rings. The van der Waals surface area contributed by atoms with Gasteiger partial charge in [-0.05, 0) is 31.0 Å². The Kier molecular flexibility index (Phi) is 2.93. The molecule has 4 heteroatoms. The van der Waals surface area contributed by atoms with Crippen molar-refractivity contribution in [3.8, 4) is 6.07 Å². The molecule has 0 amide bonds. The molecular weight excluding hydrogens is 248 g/mol. The number of ether oxygens (including phenoxy) is 1. The molecule has 94 valence electrons. The highest BCUT2D eigenvalue weighted by molar-refractivity contribution is 6.30. The van der Waals surface area contributed by atoms with Gasteiger partial charge in [0.25, 0.3) is 0 Å². The molecule has 0 atom stereocenters. The van der Waals surface area contributed by atoms with Gasteiger partial charge >= 0.3 is 0 Å². The summed E-state index contributed by atoms with van der Waals surface area (Å²) in [5.41, 5.74) is 2.09. The predicted molar refractivity (Wildman–Crippen MR) is 70.9 cm³/mol. The summed E-state index contributed by atoms with van der Waals surface area (Å²) in [5.74, 6) is 0. The highest BCUT2D eigenvalue weighted by Crippen LogP contribution is 2.43. The fourth-order valence-corrected chi connectivity index (χ4v) is 3.08. The molecule has 0 aliphatic carbocycles. The predicted octanol–water partition coefficient (Wildman–Crippen LogP) is 2.83. The molecular formula is C14H15ClN2O. The van der Waals surface area contributed by atoms with Gasteiger partial charge in [-0.15, -0.1) is 0 Å². The van der Waals surface area contributed by atoms with Crippen LogP contribution in [0.3, 0.4) is 0 Å². The zero-order chi connectivity index (χ0) is 12.6. The Labute approximate surface area is 112 Å². The van der Waals surface area contributed by atoms with E-state index in [-0.39, 0.29) is 0 Å². The summed E-state index contributed by atoms with van der Waals surface area (Å²) in [6.07, 6.45) is 2.26. The van der Waals surface area contributed by atoms with Crippen molar-refractivity contribution in [3.63, 3.8) is 0 Å². The first-order valence-electron chi connectivity index (χ1n) is 6.25. The van der Waals surface area contributed by atoms with Gasteiger partial charge < -0.3 is 9.64 Å². The van der Waals surface area contributed by atoms with E-state index in [1.165, 1.54) is 0 Å². The second-order valence-electron chi connectivity index (χ2n) is 5.24. The zero-order valence-electron chi connectivity index (χ0n) is 10.2. The third-order valence-electron chi connectivity index (χ3n) is 4.03. The van der Waals surface area contributed by atoms with E-state index < -0.39 is 0 Å². The summed E-state index contributed by atoms with van der Waals surface area (Å²) in [6.45, 7) is 3.78. The fraction of sp³-hybridized carbons (Fsp3) is 0.500. The topological polar surface area (TPSA) is 36.3 Å². The Balaban J connectivity index is 1.78. The van der Waals surface area contributed by atoms with Crippen molar-refractivity contribution >= 4 is 17.3 Å². The van der Waals surface area contributed by atoms with Crippen LogP contribution in [0.5, 0.6) is 0 Å². The molecule has 0 bridgehead atoms. The van der Waals surface area contributed by atoms with Crippen molar-refractivity contribution in [1.29, 1.82) is 5.26 Å². The molecule has 0 aromatic heterocycles. The second kappa shape index (κ2) is 4.46. The number of anilines is 1. The molecule has 2 heterocycles. The van der Waals surface area contributed by atoms with Gasteiger partial charge in [-0.1, -0.05) is 11.6 Å². The van der Waals surface area contributed by atoms with Crippen LogP contribution >= 0.6 is 11.6 Å². The average Bonchev–Trinajstić information content (AvgIpc) is 2.37. The normalized spacial score (nSPS) is 21.4. The van der Waals surface area contributed by atoms with Crippen LogP contribution in [0, 0.1) is 16.7 Å². The Morgan fingerprint density at radius 1 is 1.28 bits per heavy atom. The van der Waals surface area contributed by atoms with Gasteiger partial charge in [0.15, 0.2) is 0 Å². The number of nitrogens with zero attached hydrogens (tertiary/aromatic N) is 2. The van der Waals surface area contributed by atoms with Crippen LogP contribution < -0.4 is 4.90 Å². The first-order chi connectivity index (χ1) is 8.72. The first kappa shape index (κ1) is 11.8. The average molecular weight is 263 g/mol. The van der Waals surface area contributed by atoms with Gasteiger partial charge in [-0.3, -0.25) is 0 Å². The standard InChI is InChI=1S/C14H15ClN2O/c15-12-2-1-11(8-16)13(7-12)17-9-14(10-17)3-5-18-6-4-14/h1-2,7H,3-6,9-10H2. The summed E-state index contributed by atoms with van der Waals surface area (Å²) >= 11 is 6.02. The van der Waals surface area contributed by atoms with Gasteiger partial charge in [0.1, 0.15) is 6.07 Å². The van der Waals surface area contributed by atoms with E-state index >= 15 is 0 Å². The minimum absolute atomic E-state index is 0.410. The molecule has 2 saturated heterocycles. The van der Waals surface area contributed by atoms with Crippen LogP contribution in [0.25, 0.3) is 0 Å². The molecule has 2 fully saturated rings. The van der Waals surface area contributed by atoms with Crippen molar-refractivity contribution in [2.24, 2.45) is 5.41 Å². The minimum Gasteiger partial charge on any atom is -0.381 e. The number of benzene rings is 1. The van der Waals surface area contributed by atoms with E-state index in [9.17, 15) is 0 Å². The number of hydrogen-bond donors (Lipinski definition) is 0. The summed E-state index contributed by atoms with van der Waals surface area (Å²) in [7, 11) is 0. The lowest BCUT2D eigenvalue weighted by atomic mass is 9.73. The molecule has 1 spiro atoms. The lowest BCUT2D eigenvalue weighted by Gasteiger charge is -2.53. The largest absolute Gasteiger partial charge is 0.381 e. The molecule has 0 unspecified atom stereocenters. The maximum Gasteiger partial charge on any atom is 0.101 e. The lowest BCUT2D eigenvalue weighted by molar-refractivity contribution is -0.000204. The number of nitriles is 1. The molecule has 0 N–H and O–H groups in total. The maximum atomic E-state index is 9.14. The van der Waals surface area contributed by atoms with Crippen LogP contribution in [0.1, 0.15) is 18.4 Å². The van der Waals surface area contributed by atoms with Crippen molar-refractivity contribution in [2.45, 2.75) is 12.8 Å². The Morgan fingerprint density at radius 3 is 2.67 bits per heavy atom. The van der Waals surface area contributed by atoms with E-state index in [1.807, 2.05) is 6.07 Å². The SMILES string of the molecule is N#Cc1ccc(Cl)cc1N1CC2(CCOCC2)C1. The number of rotatable bonds is 1. The lowest BCUT2D eigenvalue weighted by Crippen LogP contribution is -2.58. The van der Waals surface area contributed by atoms with E-state index in [0.717, 1.165) is 44.8 Å². The third-order valence-corrected chi connectivity index (χ3v) is 4.26. The summed E-state index contributed by atoms with van der Waals surface area (Å²) in [5, 5.41) is 9.83. The van der Waals surface area contributed by atoms with E-state index in [1.54, 1.807) is 12.1 Å². The fourth-order valence-electron chi connectivity index (χ4n) is 2.92. The number of hydrogen-bond acceptors (Lipinski definition) is 3. The third kappa shape index (κ3) is 1.96. The quantitative estimate of drug-likeness (QED) is 0.781. The van der Waals surface area contributed by atoms with Crippen LogP contribution in [-0.4, -0.2) is 26.3 Å². The highest BCUT2D eigenvalue weighted by atomic mass is 35.5. The van der Waals surface area contributed by atoms with Gasteiger partial charge in [0, 0.05) is 36.7 Å². The van der Waals surface area contributed by atoms with Gasteiger partial charge in [0.2, 0.25) is 0 Å². The molecule has 0 radical (unpaired) electrons. The smallest absolute Gasteiger partial charge is 0.101 e. The van der Waals surface area contributed by atoms with Crippen molar-refractivity contribution < 1.29 is 4.74 Å². The Hall–Kier alpha value is -1.24. The first-order valence-corrected chi connectivity index (χ1v) is 6.63. The monoisotopic (exact) mass is 262 g/mol. The Bertz CT molecular complexity index is 495. The van der Waals surface area contributed by atoms with E-state index in [2.05, 4.69) is 11.0 Å². The van der Waals surface area contributed by atoms with Crippen LogP contribution in [-0.2, 0) is 4.74 Å². The van der Waals surface area contributed by atoms with Gasteiger partial charge in [-0.2, -0.15) is 5.26 Å². The van der Waals surface area contributed by atoms with Crippen molar-refractivity contribution in [1.82, 2.24) is 0 Å². The van der Waals surface area contributed by atoms with Crippen molar-refractivity contribution in [2.75, 3.05) is 31.2 Å². The molecule has 0 saturated carbocycles. The summed E-state index contributed by atoms with van der Waals surface area (Å²) in [4.78, 5) is 2.26. The highest BCUT2D eigenvalue weighted by Gasteiger charge is 2.44. The molecule has 3 rings (SSSR count). The van der Waals surface area contributed by atoms with Crippen LogP contribution in [0.2, 0.25) is 5.02 Å². The second-order valence-corrected chi connectivity index (χ2v) is 5.68. The van der Waals surface area contributed by atoms with Crippen LogP contribution in [0.4, 0.5) is 5.69 Å². The van der Waals surface area contributed by atoms with Crippen molar-refractivity contribution in [3.05, 3.63) is 28.8 Å². The summed E-state index contributed by atoms with van der Waals surface area (Å²) < 4.78 is 5.41. The minimum atomic E-state index is 0.410. The van der Waals surface area contributed by atoms with Gasteiger partial charge in [-0.25, -0.2) is 0 Å². The zero-order valence-corrected chi connectivity index (χ0v) is 10.9. The maximum absolute atomic E-state index is 9.14. The number of halogens is 1. The van der Waals surface area contributed by atoms with Gasteiger partial charge in [0.05, 0.1) is 11.3 Å². The van der Waals surface area contributed by atoms with E-state index in [4.69, 9.17) is 21.6 Å². The van der Waals surface area contributed by atoms with Crippen LogP contribution in [0.15, 0.2) is 18.2 Å².